The zero-order valence-corrected chi connectivity index (χ0v) is 9.74. The lowest BCUT2D eigenvalue weighted by atomic mass is 10.1. The number of rotatable bonds is 4. The summed E-state index contributed by atoms with van der Waals surface area (Å²) in [5.74, 6) is 0.554. The highest BCUT2D eigenvalue weighted by atomic mass is 16.5. The number of hydrogen-bond acceptors (Lipinski definition) is 5. The molecule has 0 radical (unpaired) electrons. The first kappa shape index (κ1) is 11.5. The van der Waals surface area contributed by atoms with Gasteiger partial charge in [0.1, 0.15) is 18.1 Å². The molecule has 2 aromatic rings. The summed E-state index contributed by atoms with van der Waals surface area (Å²) in [6, 6.07) is 1.66. The molecule has 2 aromatic heterocycles. The summed E-state index contributed by atoms with van der Waals surface area (Å²) in [5, 5.41) is 14.4. The van der Waals surface area contributed by atoms with Crippen LogP contribution in [0.25, 0.3) is 0 Å². The zero-order chi connectivity index (χ0) is 12.3. The molecule has 6 nitrogen and oxygen atoms in total. The molecular formula is C11H14N4O2. The van der Waals surface area contributed by atoms with Gasteiger partial charge in [-0.25, -0.2) is 9.97 Å². The first-order chi connectivity index (χ1) is 8.27. The maximum Gasteiger partial charge on any atom is 0.163 e. The number of hydrogen-bond donors (Lipinski definition) is 1. The minimum atomic E-state index is -0.865. The molecule has 1 N–H and O–H groups in total. The van der Waals surface area contributed by atoms with E-state index in [0.717, 1.165) is 0 Å². The van der Waals surface area contributed by atoms with Crippen LogP contribution in [0.2, 0.25) is 0 Å². The summed E-state index contributed by atoms with van der Waals surface area (Å²) in [7, 11) is 1.55. The van der Waals surface area contributed by atoms with E-state index in [2.05, 4.69) is 15.1 Å². The van der Waals surface area contributed by atoms with Gasteiger partial charge >= 0.3 is 0 Å². The summed E-state index contributed by atoms with van der Waals surface area (Å²) in [5.41, 5.74) is 1.13. The Balaban J connectivity index is 2.42. The SMILES string of the molecule is CCn1ncc(OC)c1C(O)c1ccncn1. The van der Waals surface area contributed by atoms with Crippen molar-refractivity contribution < 1.29 is 9.84 Å². The van der Waals surface area contributed by atoms with Gasteiger partial charge in [0.15, 0.2) is 5.75 Å². The maximum absolute atomic E-state index is 10.3. The summed E-state index contributed by atoms with van der Waals surface area (Å²) in [6.07, 6.45) is 3.71. The molecule has 0 fully saturated rings. The van der Waals surface area contributed by atoms with Crippen molar-refractivity contribution in [3.63, 3.8) is 0 Å². The van der Waals surface area contributed by atoms with E-state index in [0.29, 0.717) is 23.7 Å². The number of ether oxygens (including phenoxy) is 1. The number of methoxy groups -OCH3 is 1. The molecule has 0 aromatic carbocycles. The van der Waals surface area contributed by atoms with Crippen LogP contribution in [0.3, 0.4) is 0 Å². The van der Waals surface area contributed by atoms with Crippen molar-refractivity contribution in [3.05, 3.63) is 36.2 Å². The van der Waals surface area contributed by atoms with Crippen molar-refractivity contribution in [1.82, 2.24) is 19.7 Å². The lowest BCUT2D eigenvalue weighted by Gasteiger charge is -2.13. The lowest BCUT2D eigenvalue weighted by molar-refractivity contribution is 0.197. The van der Waals surface area contributed by atoms with Gasteiger partial charge in [-0.15, -0.1) is 0 Å². The van der Waals surface area contributed by atoms with Crippen molar-refractivity contribution in [1.29, 1.82) is 0 Å². The molecule has 0 aliphatic carbocycles. The van der Waals surface area contributed by atoms with Gasteiger partial charge in [0.05, 0.1) is 19.0 Å². The third-order valence-electron chi connectivity index (χ3n) is 2.51. The normalized spacial score (nSPS) is 12.4. The Hall–Kier alpha value is -1.95. The third-order valence-corrected chi connectivity index (χ3v) is 2.51. The lowest BCUT2D eigenvalue weighted by Crippen LogP contribution is -2.11. The van der Waals surface area contributed by atoms with Crippen LogP contribution in [-0.4, -0.2) is 32.0 Å². The molecule has 0 spiro atoms. The van der Waals surface area contributed by atoms with Crippen LogP contribution in [0.4, 0.5) is 0 Å². The van der Waals surface area contributed by atoms with Crippen molar-refractivity contribution >= 4 is 0 Å². The van der Waals surface area contributed by atoms with Gasteiger partial charge in [-0.3, -0.25) is 4.68 Å². The maximum atomic E-state index is 10.3. The molecular weight excluding hydrogens is 220 g/mol. The molecule has 0 aliphatic heterocycles. The fourth-order valence-electron chi connectivity index (χ4n) is 1.67. The highest BCUT2D eigenvalue weighted by Crippen LogP contribution is 2.28. The predicted octanol–water partition coefficient (Wildman–Crippen LogP) is 0.783. The van der Waals surface area contributed by atoms with E-state index < -0.39 is 6.10 Å². The minimum Gasteiger partial charge on any atom is -0.493 e. The van der Waals surface area contributed by atoms with E-state index >= 15 is 0 Å². The van der Waals surface area contributed by atoms with Crippen LogP contribution in [0, 0.1) is 0 Å². The Labute approximate surface area is 98.9 Å². The van der Waals surface area contributed by atoms with Crippen LogP contribution in [0.15, 0.2) is 24.8 Å². The first-order valence-corrected chi connectivity index (χ1v) is 5.31. The Morgan fingerprint density at radius 1 is 1.53 bits per heavy atom. The van der Waals surface area contributed by atoms with Crippen molar-refractivity contribution in [3.8, 4) is 5.75 Å². The van der Waals surface area contributed by atoms with Gasteiger partial charge < -0.3 is 9.84 Å². The third kappa shape index (κ3) is 2.12. The van der Waals surface area contributed by atoms with Gasteiger partial charge in [0.25, 0.3) is 0 Å². The van der Waals surface area contributed by atoms with Crippen LogP contribution < -0.4 is 4.74 Å². The quantitative estimate of drug-likeness (QED) is 0.846. The molecule has 0 aliphatic rings. The van der Waals surface area contributed by atoms with Gasteiger partial charge in [-0.1, -0.05) is 0 Å². The second kappa shape index (κ2) is 4.92. The second-order valence-electron chi connectivity index (χ2n) is 3.45. The average molecular weight is 234 g/mol. The molecule has 0 amide bonds. The zero-order valence-electron chi connectivity index (χ0n) is 9.74. The molecule has 90 valence electrons. The van der Waals surface area contributed by atoms with Crippen LogP contribution in [-0.2, 0) is 6.54 Å². The minimum absolute atomic E-state index is 0.522. The fourth-order valence-corrected chi connectivity index (χ4v) is 1.67. The van der Waals surface area contributed by atoms with Gasteiger partial charge in [0.2, 0.25) is 0 Å². The van der Waals surface area contributed by atoms with E-state index in [4.69, 9.17) is 4.74 Å². The van der Waals surface area contributed by atoms with Crippen molar-refractivity contribution in [2.45, 2.75) is 19.6 Å². The molecule has 0 saturated heterocycles. The van der Waals surface area contributed by atoms with Gasteiger partial charge in [-0.05, 0) is 13.0 Å². The molecule has 1 unspecified atom stereocenters. The van der Waals surface area contributed by atoms with Gasteiger partial charge in [-0.2, -0.15) is 5.10 Å². The van der Waals surface area contributed by atoms with E-state index in [1.807, 2.05) is 6.92 Å². The second-order valence-corrected chi connectivity index (χ2v) is 3.45. The topological polar surface area (TPSA) is 73.1 Å². The molecule has 2 rings (SSSR count). The summed E-state index contributed by atoms with van der Waals surface area (Å²) in [6.45, 7) is 2.60. The molecule has 0 bridgehead atoms. The van der Waals surface area contributed by atoms with E-state index in [1.54, 1.807) is 30.3 Å². The largest absolute Gasteiger partial charge is 0.493 e. The molecule has 17 heavy (non-hydrogen) atoms. The number of aromatic nitrogens is 4. The number of aliphatic hydroxyl groups excluding tert-OH is 1. The van der Waals surface area contributed by atoms with Crippen LogP contribution in [0.1, 0.15) is 24.4 Å². The molecule has 2 heterocycles. The van der Waals surface area contributed by atoms with E-state index in [1.165, 1.54) is 6.33 Å². The van der Waals surface area contributed by atoms with Gasteiger partial charge in [0, 0.05) is 12.7 Å². The summed E-state index contributed by atoms with van der Waals surface area (Å²) < 4.78 is 6.87. The van der Waals surface area contributed by atoms with Crippen molar-refractivity contribution in [2.24, 2.45) is 0 Å². The Morgan fingerprint density at radius 2 is 2.35 bits per heavy atom. The van der Waals surface area contributed by atoms with Crippen LogP contribution in [0.5, 0.6) is 5.75 Å². The van der Waals surface area contributed by atoms with Crippen molar-refractivity contribution in [2.75, 3.05) is 7.11 Å². The summed E-state index contributed by atoms with van der Waals surface area (Å²) in [4.78, 5) is 7.85. The standard InChI is InChI=1S/C11H14N4O2/c1-3-15-10(9(17-2)6-14-15)11(16)8-4-5-12-7-13-8/h4-7,11,16H,3H2,1-2H3. The average Bonchev–Trinajstić information content (AvgIpc) is 2.81. The monoisotopic (exact) mass is 234 g/mol. The van der Waals surface area contributed by atoms with E-state index in [9.17, 15) is 5.11 Å². The fraction of sp³-hybridized carbons (Fsp3) is 0.364. The molecule has 0 saturated carbocycles. The van der Waals surface area contributed by atoms with E-state index in [-0.39, 0.29) is 0 Å². The highest BCUT2D eigenvalue weighted by molar-refractivity contribution is 5.31. The number of nitrogens with zero attached hydrogens (tertiary/aromatic N) is 4. The molecule has 6 heteroatoms. The molecule has 1 atom stereocenters. The van der Waals surface area contributed by atoms with Crippen LogP contribution >= 0.6 is 0 Å². The predicted molar refractivity (Wildman–Crippen MR) is 60.5 cm³/mol. The highest BCUT2D eigenvalue weighted by Gasteiger charge is 2.21. The first-order valence-electron chi connectivity index (χ1n) is 5.31. The smallest absolute Gasteiger partial charge is 0.163 e. The Bertz CT molecular complexity index is 462. The Kier molecular flexibility index (Phi) is 3.34. The summed E-state index contributed by atoms with van der Waals surface area (Å²) >= 11 is 0. The Morgan fingerprint density at radius 3 is 2.94 bits per heavy atom. The number of aryl methyl sites for hydroxylation is 1. The number of aliphatic hydroxyl groups is 1.